The quantitative estimate of drug-likeness (QED) is 0.814. The normalized spacial score (nSPS) is 19.3. The summed E-state index contributed by atoms with van der Waals surface area (Å²) < 4.78 is 0. The van der Waals surface area contributed by atoms with Gasteiger partial charge in [0.25, 0.3) is 0 Å². The highest BCUT2D eigenvalue weighted by molar-refractivity contribution is 8.02. The van der Waals surface area contributed by atoms with Gasteiger partial charge in [0.2, 0.25) is 0 Å². The van der Waals surface area contributed by atoms with Crippen LogP contribution in [0.4, 0.5) is 0 Å². The lowest BCUT2D eigenvalue weighted by atomic mass is 9.64. The molecule has 3 rings (SSSR count). The molecule has 2 aliphatic rings. The first kappa shape index (κ1) is 17.7. The van der Waals surface area contributed by atoms with Crippen molar-refractivity contribution in [1.82, 2.24) is 5.32 Å². The predicted molar refractivity (Wildman–Crippen MR) is 101 cm³/mol. The number of allylic oxidation sites excluding steroid dienone is 2. The minimum Gasteiger partial charge on any atom is -0.384 e. The van der Waals surface area contributed by atoms with Crippen LogP contribution in [-0.2, 0) is 5.75 Å². The van der Waals surface area contributed by atoms with Crippen LogP contribution in [0.3, 0.4) is 0 Å². The molecule has 1 heterocycles. The van der Waals surface area contributed by atoms with Crippen molar-refractivity contribution in [3.05, 3.63) is 56.8 Å². The minimum absolute atomic E-state index is 0.380. The molecule has 1 aliphatic carbocycles. The van der Waals surface area contributed by atoms with Crippen molar-refractivity contribution < 1.29 is 0 Å². The average molecular weight is 371 g/mol. The van der Waals surface area contributed by atoms with Gasteiger partial charge in [-0.1, -0.05) is 49.1 Å². The van der Waals surface area contributed by atoms with Crippen molar-refractivity contribution >= 4 is 23.4 Å². The molecule has 0 amide bonds. The van der Waals surface area contributed by atoms with Gasteiger partial charge in [0, 0.05) is 16.2 Å². The number of benzene rings is 1. The highest BCUT2D eigenvalue weighted by Gasteiger charge is 2.45. The molecular formula is C19H19ClN4S. The monoisotopic (exact) mass is 370 g/mol. The Bertz CT molecular complexity index is 823. The zero-order valence-electron chi connectivity index (χ0n) is 13.8. The van der Waals surface area contributed by atoms with Crippen LogP contribution < -0.4 is 11.1 Å². The van der Waals surface area contributed by atoms with E-state index in [9.17, 15) is 10.5 Å². The summed E-state index contributed by atoms with van der Waals surface area (Å²) in [6.45, 7) is 0. The summed E-state index contributed by atoms with van der Waals surface area (Å²) in [7, 11) is 0. The number of halogens is 1. The van der Waals surface area contributed by atoms with Gasteiger partial charge in [-0.3, -0.25) is 0 Å². The molecule has 4 nitrogen and oxygen atoms in total. The Morgan fingerprint density at radius 1 is 1.12 bits per heavy atom. The van der Waals surface area contributed by atoms with Crippen molar-refractivity contribution in [2.24, 2.45) is 11.1 Å². The van der Waals surface area contributed by atoms with Gasteiger partial charge in [0.15, 0.2) is 0 Å². The molecule has 0 unspecified atom stereocenters. The standard InChI is InChI=1S/C19H19ClN4S/c20-16-7-3-2-6-13(16)12-25-18-15(11-22)19(8-4-1-5-9-19)14(10-21)17(23)24-18/h2-3,6-7,24H,1,4-5,8-9,12,23H2. The molecule has 128 valence electrons. The summed E-state index contributed by atoms with van der Waals surface area (Å²) in [4.78, 5) is 0. The fourth-order valence-electron chi connectivity index (χ4n) is 3.70. The number of nitrogens with zero attached hydrogens (tertiary/aromatic N) is 2. The van der Waals surface area contributed by atoms with Crippen molar-refractivity contribution in [1.29, 1.82) is 10.5 Å². The number of hydrogen-bond acceptors (Lipinski definition) is 5. The average Bonchev–Trinajstić information content (AvgIpc) is 2.62. The van der Waals surface area contributed by atoms with E-state index in [0.29, 0.717) is 27.7 Å². The largest absolute Gasteiger partial charge is 0.384 e. The number of nitriles is 2. The maximum absolute atomic E-state index is 9.87. The first-order valence-corrected chi connectivity index (χ1v) is 9.67. The summed E-state index contributed by atoms with van der Waals surface area (Å²) in [6, 6.07) is 12.3. The van der Waals surface area contributed by atoms with Gasteiger partial charge >= 0.3 is 0 Å². The maximum atomic E-state index is 9.87. The van der Waals surface area contributed by atoms with Gasteiger partial charge in [-0.25, -0.2) is 0 Å². The fraction of sp³-hybridized carbons (Fsp3) is 0.368. The van der Waals surface area contributed by atoms with Gasteiger partial charge in [0.1, 0.15) is 5.82 Å². The third-order valence-corrected chi connectivity index (χ3v) is 6.38. The van der Waals surface area contributed by atoms with E-state index in [1.54, 1.807) is 0 Å². The highest BCUT2D eigenvalue weighted by atomic mass is 35.5. The van der Waals surface area contributed by atoms with Crippen LogP contribution in [0.1, 0.15) is 37.7 Å². The third kappa shape index (κ3) is 3.23. The van der Waals surface area contributed by atoms with Gasteiger partial charge < -0.3 is 11.1 Å². The van der Waals surface area contributed by atoms with E-state index < -0.39 is 5.41 Å². The molecule has 1 aliphatic heterocycles. The number of dihydropyridines is 1. The fourth-order valence-corrected chi connectivity index (χ4v) is 5.10. The lowest BCUT2D eigenvalue weighted by Crippen LogP contribution is -2.39. The topological polar surface area (TPSA) is 85.6 Å². The van der Waals surface area contributed by atoms with E-state index in [4.69, 9.17) is 17.3 Å². The lowest BCUT2D eigenvalue weighted by Gasteiger charge is -2.41. The minimum atomic E-state index is -0.528. The number of thioether (sulfide) groups is 1. The maximum Gasteiger partial charge on any atom is 0.116 e. The Kier molecular flexibility index (Phi) is 5.27. The molecule has 1 spiro atoms. The summed E-state index contributed by atoms with van der Waals surface area (Å²) >= 11 is 7.76. The molecule has 1 aromatic rings. The summed E-state index contributed by atoms with van der Waals surface area (Å²) in [5, 5.41) is 24.1. The molecule has 0 saturated heterocycles. The van der Waals surface area contributed by atoms with Crippen LogP contribution in [0, 0.1) is 28.1 Å². The van der Waals surface area contributed by atoms with Gasteiger partial charge in [0.05, 0.1) is 28.3 Å². The molecule has 1 saturated carbocycles. The van der Waals surface area contributed by atoms with E-state index in [2.05, 4.69) is 17.5 Å². The first-order valence-electron chi connectivity index (χ1n) is 8.31. The summed E-state index contributed by atoms with van der Waals surface area (Å²) in [6.07, 6.45) is 4.75. The zero-order chi connectivity index (χ0) is 17.9. The summed E-state index contributed by atoms with van der Waals surface area (Å²) in [5.41, 5.74) is 7.81. The second-order valence-corrected chi connectivity index (χ2v) is 7.76. The van der Waals surface area contributed by atoms with Crippen molar-refractivity contribution in [3.63, 3.8) is 0 Å². The number of hydrogen-bond donors (Lipinski definition) is 2. The Morgan fingerprint density at radius 3 is 2.44 bits per heavy atom. The van der Waals surface area contributed by atoms with E-state index in [1.165, 1.54) is 11.8 Å². The van der Waals surface area contributed by atoms with E-state index in [-0.39, 0.29) is 0 Å². The van der Waals surface area contributed by atoms with Crippen LogP contribution in [0.2, 0.25) is 5.02 Å². The zero-order valence-corrected chi connectivity index (χ0v) is 15.4. The molecule has 0 aromatic heterocycles. The number of nitrogens with one attached hydrogen (secondary N) is 1. The van der Waals surface area contributed by atoms with Crippen molar-refractivity contribution in [3.8, 4) is 12.1 Å². The Morgan fingerprint density at radius 2 is 1.80 bits per heavy atom. The van der Waals surface area contributed by atoms with Crippen molar-refractivity contribution in [2.75, 3.05) is 0 Å². The van der Waals surface area contributed by atoms with Gasteiger partial charge in [-0.2, -0.15) is 10.5 Å². The molecule has 1 fully saturated rings. The molecule has 0 radical (unpaired) electrons. The molecule has 0 bridgehead atoms. The Hall–Kier alpha value is -2.08. The summed E-state index contributed by atoms with van der Waals surface area (Å²) in [5.74, 6) is 1.02. The molecule has 25 heavy (non-hydrogen) atoms. The van der Waals surface area contributed by atoms with E-state index >= 15 is 0 Å². The van der Waals surface area contributed by atoms with Gasteiger partial charge in [-0.05, 0) is 24.5 Å². The predicted octanol–water partition coefficient (Wildman–Crippen LogP) is 4.56. The second-order valence-electron chi connectivity index (χ2n) is 6.36. The van der Waals surface area contributed by atoms with Crippen LogP contribution >= 0.6 is 23.4 Å². The van der Waals surface area contributed by atoms with Crippen LogP contribution in [-0.4, -0.2) is 0 Å². The molecular weight excluding hydrogens is 352 g/mol. The smallest absolute Gasteiger partial charge is 0.116 e. The van der Waals surface area contributed by atoms with Crippen LogP contribution in [0.15, 0.2) is 46.3 Å². The SMILES string of the molecule is N#CC1=C(N)NC(SCc2ccccc2Cl)=C(C#N)C12CCCCC2. The Balaban J connectivity index is 1.96. The highest BCUT2D eigenvalue weighted by Crippen LogP contribution is 2.52. The number of nitrogens with two attached hydrogens (primary N) is 1. The van der Waals surface area contributed by atoms with Crippen molar-refractivity contribution in [2.45, 2.75) is 37.9 Å². The van der Waals surface area contributed by atoms with Crippen LogP contribution in [0.5, 0.6) is 0 Å². The third-order valence-electron chi connectivity index (χ3n) is 4.96. The van der Waals surface area contributed by atoms with E-state index in [1.807, 2.05) is 24.3 Å². The molecule has 3 N–H and O–H groups in total. The molecule has 0 atom stereocenters. The lowest BCUT2D eigenvalue weighted by molar-refractivity contribution is 0.294. The first-order chi connectivity index (χ1) is 12.1. The van der Waals surface area contributed by atoms with Crippen LogP contribution in [0.25, 0.3) is 0 Å². The Labute approximate surface area is 157 Å². The number of rotatable bonds is 3. The second kappa shape index (κ2) is 7.44. The molecule has 1 aromatic carbocycles. The van der Waals surface area contributed by atoms with E-state index in [0.717, 1.165) is 42.7 Å². The van der Waals surface area contributed by atoms with Gasteiger partial charge in [-0.15, -0.1) is 11.8 Å². The molecule has 6 heteroatoms.